The van der Waals surface area contributed by atoms with E-state index in [-0.39, 0.29) is 30.6 Å². The van der Waals surface area contributed by atoms with Gasteiger partial charge in [-0.2, -0.15) is 0 Å². The topological polar surface area (TPSA) is 71.1 Å². The van der Waals surface area contributed by atoms with Gasteiger partial charge in [0.05, 0.1) is 12.7 Å². The molecule has 2 atom stereocenters. The molecule has 2 bridgehead atoms. The van der Waals surface area contributed by atoms with Crippen molar-refractivity contribution < 1.29 is 28.5 Å². The zero-order valence-corrected chi connectivity index (χ0v) is 22.4. The standard InChI is InChI=1S/C31H42O6/c1-3-5-13-26(12-4-2)35-28-15-6-7-16-29(28)37-31(33)17-9-8-14-27-24-19-21-25(22-20-24)34-23-11-10-18-30(32)36-27/h6-7,15-16,19-22,26-27H,3-5,8-14,17-18,23H2,1-2H3/t26?,27-/m1/s1. The third kappa shape index (κ3) is 10.1. The second kappa shape index (κ2) is 16.0. The molecule has 2 heterocycles. The lowest BCUT2D eigenvalue weighted by Gasteiger charge is -2.20. The highest BCUT2D eigenvalue weighted by Crippen LogP contribution is 2.31. The summed E-state index contributed by atoms with van der Waals surface area (Å²) in [6.45, 7) is 4.93. The summed E-state index contributed by atoms with van der Waals surface area (Å²) in [7, 11) is 0. The number of fused-ring (bicyclic) bond motifs is 9. The lowest BCUT2D eigenvalue weighted by atomic mass is 10.0. The summed E-state index contributed by atoms with van der Waals surface area (Å²) < 4.78 is 23.4. The predicted octanol–water partition coefficient (Wildman–Crippen LogP) is 7.74. The summed E-state index contributed by atoms with van der Waals surface area (Å²) in [6, 6.07) is 15.1. The molecule has 2 aromatic carbocycles. The maximum Gasteiger partial charge on any atom is 0.311 e. The molecule has 0 aliphatic carbocycles. The van der Waals surface area contributed by atoms with Gasteiger partial charge < -0.3 is 18.9 Å². The summed E-state index contributed by atoms with van der Waals surface area (Å²) in [6.07, 6.45) is 9.32. The van der Waals surface area contributed by atoms with Crippen LogP contribution in [-0.2, 0) is 14.3 Å². The maximum absolute atomic E-state index is 12.6. The highest BCUT2D eigenvalue weighted by molar-refractivity contribution is 5.73. The Labute approximate surface area is 221 Å². The molecule has 2 aliphatic heterocycles. The SMILES string of the molecule is CCCCC(CCC)Oc1ccccc1OC(=O)CCCC[C@H]1OC(=O)CCCCOc2ccc1cc2. The van der Waals surface area contributed by atoms with E-state index in [2.05, 4.69) is 13.8 Å². The Bertz CT molecular complexity index is 954. The average Bonchev–Trinajstić information content (AvgIpc) is 2.89. The van der Waals surface area contributed by atoms with Gasteiger partial charge in [-0.05, 0) is 74.8 Å². The molecule has 2 aliphatic rings. The fourth-order valence-corrected chi connectivity index (χ4v) is 4.45. The van der Waals surface area contributed by atoms with Crippen molar-refractivity contribution in [1.82, 2.24) is 0 Å². The summed E-state index contributed by atoms with van der Waals surface area (Å²) in [5.74, 6) is 1.45. The van der Waals surface area contributed by atoms with Crippen LogP contribution in [0.5, 0.6) is 17.2 Å². The van der Waals surface area contributed by atoms with Crippen LogP contribution in [0.2, 0.25) is 0 Å². The zero-order chi connectivity index (χ0) is 26.3. The van der Waals surface area contributed by atoms with Crippen molar-refractivity contribution >= 4 is 11.9 Å². The van der Waals surface area contributed by atoms with E-state index in [1.807, 2.05) is 42.5 Å². The highest BCUT2D eigenvalue weighted by atomic mass is 16.6. The van der Waals surface area contributed by atoms with E-state index < -0.39 is 0 Å². The second-order valence-electron chi connectivity index (χ2n) is 9.69. The van der Waals surface area contributed by atoms with Gasteiger partial charge >= 0.3 is 11.9 Å². The van der Waals surface area contributed by atoms with Crippen molar-refractivity contribution in [3.63, 3.8) is 0 Å². The largest absolute Gasteiger partial charge is 0.494 e. The molecule has 37 heavy (non-hydrogen) atoms. The molecule has 0 saturated carbocycles. The van der Waals surface area contributed by atoms with Crippen LogP contribution in [0.25, 0.3) is 0 Å². The molecule has 4 rings (SSSR count). The van der Waals surface area contributed by atoms with E-state index in [0.29, 0.717) is 37.4 Å². The molecule has 0 amide bonds. The van der Waals surface area contributed by atoms with Crippen molar-refractivity contribution in [2.75, 3.05) is 6.61 Å². The van der Waals surface area contributed by atoms with Crippen molar-refractivity contribution in [2.24, 2.45) is 0 Å². The number of hydrogen-bond acceptors (Lipinski definition) is 6. The van der Waals surface area contributed by atoms with Crippen LogP contribution >= 0.6 is 0 Å². The van der Waals surface area contributed by atoms with E-state index in [4.69, 9.17) is 18.9 Å². The molecule has 6 nitrogen and oxygen atoms in total. The summed E-state index contributed by atoms with van der Waals surface area (Å²) in [5.41, 5.74) is 0.944. The summed E-state index contributed by atoms with van der Waals surface area (Å²) in [5, 5.41) is 0. The van der Waals surface area contributed by atoms with Gasteiger partial charge in [0.15, 0.2) is 11.5 Å². The molecule has 0 spiro atoms. The minimum absolute atomic E-state index is 0.124. The van der Waals surface area contributed by atoms with Crippen LogP contribution in [0, 0.1) is 0 Å². The average molecular weight is 511 g/mol. The van der Waals surface area contributed by atoms with E-state index in [0.717, 1.165) is 62.7 Å². The van der Waals surface area contributed by atoms with Gasteiger partial charge in [-0.3, -0.25) is 9.59 Å². The predicted molar refractivity (Wildman–Crippen MR) is 144 cm³/mol. The Morgan fingerprint density at radius 3 is 2.49 bits per heavy atom. The minimum atomic E-state index is -0.329. The van der Waals surface area contributed by atoms with E-state index >= 15 is 0 Å². The van der Waals surface area contributed by atoms with Gasteiger partial charge in [-0.1, -0.05) is 57.4 Å². The Morgan fingerprint density at radius 2 is 1.73 bits per heavy atom. The molecule has 0 radical (unpaired) electrons. The normalized spacial score (nSPS) is 16.6. The van der Waals surface area contributed by atoms with Gasteiger partial charge in [-0.25, -0.2) is 0 Å². The molecule has 0 N–H and O–H groups in total. The Morgan fingerprint density at radius 1 is 0.946 bits per heavy atom. The van der Waals surface area contributed by atoms with Crippen molar-refractivity contribution in [3.05, 3.63) is 54.1 Å². The number of para-hydroxylation sites is 2. The third-order valence-corrected chi connectivity index (χ3v) is 6.52. The molecule has 0 saturated heterocycles. The summed E-state index contributed by atoms with van der Waals surface area (Å²) in [4.78, 5) is 24.9. The zero-order valence-electron chi connectivity index (χ0n) is 22.4. The molecule has 0 fully saturated rings. The van der Waals surface area contributed by atoms with Gasteiger partial charge in [0.1, 0.15) is 11.9 Å². The van der Waals surface area contributed by atoms with Gasteiger partial charge in [-0.15, -0.1) is 0 Å². The Kier molecular flexibility index (Phi) is 12.3. The fourth-order valence-electron chi connectivity index (χ4n) is 4.45. The maximum atomic E-state index is 12.6. The Balaban J connectivity index is 1.51. The second-order valence-corrected chi connectivity index (χ2v) is 9.69. The number of ether oxygens (including phenoxy) is 4. The fraction of sp³-hybridized carbons (Fsp3) is 0.548. The van der Waals surface area contributed by atoms with Crippen LogP contribution in [0.3, 0.4) is 0 Å². The van der Waals surface area contributed by atoms with Crippen molar-refractivity contribution in [3.8, 4) is 17.2 Å². The molecule has 2 aromatic rings. The van der Waals surface area contributed by atoms with E-state index in [9.17, 15) is 9.59 Å². The van der Waals surface area contributed by atoms with Gasteiger partial charge in [0.25, 0.3) is 0 Å². The van der Waals surface area contributed by atoms with Crippen LogP contribution in [0.1, 0.15) is 103 Å². The van der Waals surface area contributed by atoms with Gasteiger partial charge in [0, 0.05) is 12.8 Å². The number of carbonyl (C=O) groups is 2. The number of carbonyl (C=O) groups excluding carboxylic acids is 2. The lowest BCUT2D eigenvalue weighted by molar-refractivity contribution is -0.150. The van der Waals surface area contributed by atoms with Crippen LogP contribution in [0.15, 0.2) is 48.5 Å². The molecule has 0 aromatic heterocycles. The number of rotatable bonds is 13. The van der Waals surface area contributed by atoms with Crippen LogP contribution < -0.4 is 14.2 Å². The first-order valence-electron chi connectivity index (χ1n) is 14.0. The lowest BCUT2D eigenvalue weighted by Crippen LogP contribution is -2.17. The first-order chi connectivity index (χ1) is 18.1. The highest BCUT2D eigenvalue weighted by Gasteiger charge is 2.19. The molecular formula is C31H42O6. The first kappa shape index (κ1) is 28.5. The molecule has 1 unspecified atom stereocenters. The van der Waals surface area contributed by atoms with E-state index in [1.165, 1.54) is 0 Å². The quantitative estimate of drug-likeness (QED) is 0.156. The summed E-state index contributed by atoms with van der Waals surface area (Å²) >= 11 is 0. The van der Waals surface area contributed by atoms with Crippen molar-refractivity contribution in [1.29, 1.82) is 0 Å². The number of unbranched alkanes of at least 4 members (excludes halogenated alkanes) is 2. The van der Waals surface area contributed by atoms with Crippen molar-refractivity contribution in [2.45, 2.75) is 103 Å². The van der Waals surface area contributed by atoms with Crippen LogP contribution in [-0.4, -0.2) is 24.6 Å². The third-order valence-electron chi connectivity index (χ3n) is 6.52. The van der Waals surface area contributed by atoms with E-state index in [1.54, 1.807) is 6.07 Å². The molecule has 202 valence electrons. The monoisotopic (exact) mass is 510 g/mol. The number of hydrogen-bond donors (Lipinski definition) is 0. The number of benzene rings is 2. The smallest absolute Gasteiger partial charge is 0.311 e. The number of esters is 2. The first-order valence-corrected chi connectivity index (χ1v) is 14.0. The van der Waals surface area contributed by atoms with Crippen LogP contribution in [0.4, 0.5) is 0 Å². The minimum Gasteiger partial charge on any atom is -0.494 e. The molecule has 6 heteroatoms. The Hall–Kier alpha value is -3.02. The molecular weight excluding hydrogens is 468 g/mol. The van der Waals surface area contributed by atoms with Gasteiger partial charge in [0.2, 0.25) is 0 Å².